The number of hydrogen-bond donors (Lipinski definition) is 1. The molecule has 0 atom stereocenters. The highest BCUT2D eigenvalue weighted by Gasteiger charge is 2.25. The standard InChI is InChI=1S/C11H22O/c1-11(9-5-6-10-12)7-3-2-4-8-11/h12H,2-10H2,1H3. The van der Waals surface area contributed by atoms with Crippen molar-refractivity contribution in [1.29, 1.82) is 0 Å². The van der Waals surface area contributed by atoms with Crippen LogP contribution in [0, 0.1) is 5.41 Å². The van der Waals surface area contributed by atoms with E-state index in [-0.39, 0.29) is 0 Å². The van der Waals surface area contributed by atoms with Gasteiger partial charge in [-0.3, -0.25) is 0 Å². The van der Waals surface area contributed by atoms with Gasteiger partial charge in [-0.25, -0.2) is 0 Å². The van der Waals surface area contributed by atoms with Crippen LogP contribution in [0.25, 0.3) is 0 Å². The van der Waals surface area contributed by atoms with Gasteiger partial charge in [0.25, 0.3) is 0 Å². The van der Waals surface area contributed by atoms with Gasteiger partial charge in [-0.1, -0.05) is 32.6 Å². The number of unbranched alkanes of at least 4 members (excludes halogenated alkanes) is 1. The second-order valence-corrected chi connectivity index (χ2v) is 4.55. The van der Waals surface area contributed by atoms with Crippen LogP contribution < -0.4 is 0 Å². The smallest absolute Gasteiger partial charge is 0.0431 e. The molecule has 1 fully saturated rings. The molecule has 0 aliphatic heterocycles. The van der Waals surface area contributed by atoms with Gasteiger partial charge in [0.05, 0.1) is 0 Å². The van der Waals surface area contributed by atoms with E-state index in [2.05, 4.69) is 6.92 Å². The lowest BCUT2D eigenvalue weighted by Crippen LogP contribution is -2.19. The topological polar surface area (TPSA) is 20.2 Å². The van der Waals surface area contributed by atoms with Crippen LogP contribution in [0.3, 0.4) is 0 Å². The molecule has 0 bridgehead atoms. The number of rotatable bonds is 4. The minimum atomic E-state index is 0.371. The highest BCUT2D eigenvalue weighted by Crippen LogP contribution is 2.39. The van der Waals surface area contributed by atoms with Crippen molar-refractivity contribution in [1.82, 2.24) is 0 Å². The summed E-state index contributed by atoms with van der Waals surface area (Å²) in [5.41, 5.74) is 0.618. The van der Waals surface area contributed by atoms with Crippen molar-refractivity contribution in [3.63, 3.8) is 0 Å². The average Bonchev–Trinajstić information content (AvgIpc) is 2.06. The van der Waals surface area contributed by atoms with Gasteiger partial charge in [-0.15, -0.1) is 0 Å². The summed E-state index contributed by atoms with van der Waals surface area (Å²) in [6.07, 6.45) is 10.7. The molecule has 1 N–H and O–H groups in total. The largest absolute Gasteiger partial charge is 0.396 e. The fourth-order valence-electron chi connectivity index (χ4n) is 2.32. The zero-order valence-electron chi connectivity index (χ0n) is 8.31. The third-order valence-electron chi connectivity index (χ3n) is 3.25. The van der Waals surface area contributed by atoms with E-state index < -0.39 is 0 Å². The Balaban J connectivity index is 2.17. The molecule has 0 unspecified atom stereocenters. The van der Waals surface area contributed by atoms with Gasteiger partial charge >= 0.3 is 0 Å². The minimum absolute atomic E-state index is 0.371. The highest BCUT2D eigenvalue weighted by molar-refractivity contribution is 4.77. The Kier molecular flexibility index (Phi) is 4.07. The maximum Gasteiger partial charge on any atom is 0.0431 e. The number of hydrogen-bond acceptors (Lipinski definition) is 1. The fraction of sp³-hybridized carbons (Fsp3) is 1.00. The van der Waals surface area contributed by atoms with Crippen molar-refractivity contribution in [3.05, 3.63) is 0 Å². The van der Waals surface area contributed by atoms with Crippen molar-refractivity contribution in [2.45, 2.75) is 58.3 Å². The Hall–Kier alpha value is -0.0400. The maximum absolute atomic E-state index is 8.68. The average molecular weight is 170 g/mol. The van der Waals surface area contributed by atoms with Crippen LogP contribution in [0.5, 0.6) is 0 Å². The monoisotopic (exact) mass is 170 g/mol. The number of aliphatic hydroxyl groups excluding tert-OH is 1. The zero-order valence-corrected chi connectivity index (χ0v) is 8.31. The van der Waals surface area contributed by atoms with E-state index in [1.807, 2.05) is 0 Å². The quantitative estimate of drug-likeness (QED) is 0.643. The third-order valence-corrected chi connectivity index (χ3v) is 3.25. The first-order chi connectivity index (χ1) is 5.77. The Morgan fingerprint density at radius 3 is 2.33 bits per heavy atom. The minimum Gasteiger partial charge on any atom is -0.396 e. The van der Waals surface area contributed by atoms with E-state index in [1.165, 1.54) is 44.9 Å². The molecule has 1 nitrogen and oxygen atoms in total. The first-order valence-electron chi connectivity index (χ1n) is 5.38. The summed E-state index contributed by atoms with van der Waals surface area (Å²) in [5, 5.41) is 8.68. The molecule has 0 saturated heterocycles. The molecule has 0 radical (unpaired) electrons. The predicted octanol–water partition coefficient (Wildman–Crippen LogP) is 3.12. The second kappa shape index (κ2) is 4.86. The van der Waals surface area contributed by atoms with Crippen LogP contribution in [0.2, 0.25) is 0 Å². The molecular formula is C11H22O. The van der Waals surface area contributed by atoms with E-state index in [0.717, 1.165) is 6.42 Å². The summed E-state index contributed by atoms with van der Waals surface area (Å²) >= 11 is 0. The molecule has 1 heteroatoms. The molecule has 1 aliphatic rings. The highest BCUT2D eigenvalue weighted by atomic mass is 16.2. The first-order valence-corrected chi connectivity index (χ1v) is 5.38. The van der Waals surface area contributed by atoms with Gasteiger partial charge in [-0.05, 0) is 31.1 Å². The lowest BCUT2D eigenvalue weighted by Gasteiger charge is -2.33. The molecular weight excluding hydrogens is 148 g/mol. The molecule has 1 rings (SSSR count). The van der Waals surface area contributed by atoms with Gasteiger partial charge in [0, 0.05) is 6.61 Å². The van der Waals surface area contributed by atoms with E-state index in [4.69, 9.17) is 5.11 Å². The van der Waals surface area contributed by atoms with Crippen molar-refractivity contribution in [2.75, 3.05) is 6.61 Å². The van der Waals surface area contributed by atoms with Gasteiger partial charge in [-0.2, -0.15) is 0 Å². The molecule has 1 aliphatic carbocycles. The molecule has 0 heterocycles. The van der Waals surface area contributed by atoms with Crippen LogP contribution >= 0.6 is 0 Å². The van der Waals surface area contributed by atoms with Gasteiger partial charge in [0.1, 0.15) is 0 Å². The van der Waals surface area contributed by atoms with Crippen molar-refractivity contribution in [2.24, 2.45) is 5.41 Å². The lowest BCUT2D eigenvalue weighted by molar-refractivity contribution is 0.185. The van der Waals surface area contributed by atoms with Crippen LogP contribution in [-0.2, 0) is 0 Å². The summed E-state index contributed by atoms with van der Waals surface area (Å²) < 4.78 is 0. The van der Waals surface area contributed by atoms with Gasteiger partial charge < -0.3 is 5.11 Å². The third kappa shape index (κ3) is 3.14. The summed E-state index contributed by atoms with van der Waals surface area (Å²) in [5.74, 6) is 0. The molecule has 72 valence electrons. The van der Waals surface area contributed by atoms with E-state index in [1.54, 1.807) is 0 Å². The van der Waals surface area contributed by atoms with E-state index >= 15 is 0 Å². The first kappa shape index (κ1) is 10.0. The van der Waals surface area contributed by atoms with Crippen LogP contribution in [0.1, 0.15) is 58.3 Å². The maximum atomic E-state index is 8.68. The summed E-state index contributed by atoms with van der Waals surface area (Å²) in [4.78, 5) is 0. The van der Waals surface area contributed by atoms with E-state index in [9.17, 15) is 0 Å². The Bertz CT molecular complexity index is 114. The SMILES string of the molecule is CC1(CCCCO)CCCCC1. The van der Waals surface area contributed by atoms with Crippen molar-refractivity contribution < 1.29 is 5.11 Å². The van der Waals surface area contributed by atoms with Crippen LogP contribution in [-0.4, -0.2) is 11.7 Å². The normalized spacial score (nSPS) is 22.5. The summed E-state index contributed by atoms with van der Waals surface area (Å²) in [7, 11) is 0. The van der Waals surface area contributed by atoms with E-state index in [0.29, 0.717) is 12.0 Å². The van der Waals surface area contributed by atoms with Crippen LogP contribution in [0.4, 0.5) is 0 Å². The molecule has 0 aromatic rings. The molecule has 0 aromatic heterocycles. The molecule has 12 heavy (non-hydrogen) atoms. The van der Waals surface area contributed by atoms with Crippen LogP contribution in [0.15, 0.2) is 0 Å². The Morgan fingerprint density at radius 1 is 1.08 bits per heavy atom. The summed E-state index contributed by atoms with van der Waals surface area (Å²) in [6, 6.07) is 0. The van der Waals surface area contributed by atoms with Crippen molar-refractivity contribution >= 4 is 0 Å². The molecule has 0 amide bonds. The number of aliphatic hydroxyl groups is 1. The Morgan fingerprint density at radius 2 is 1.75 bits per heavy atom. The van der Waals surface area contributed by atoms with Gasteiger partial charge in [0.15, 0.2) is 0 Å². The Labute approximate surface area is 76.2 Å². The van der Waals surface area contributed by atoms with Gasteiger partial charge in [0.2, 0.25) is 0 Å². The molecule has 0 aromatic carbocycles. The predicted molar refractivity (Wildman–Crippen MR) is 52.1 cm³/mol. The van der Waals surface area contributed by atoms with Crippen molar-refractivity contribution in [3.8, 4) is 0 Å². The molecule has 1 saturated carbocycles. The molecule has 0 spiro atoms. The zero-order chi connectivity index (χ0) is 8.86. The fourth-order valence-corrected chi connectivity index (χ4v) is 2.32. The summed E-state index contributed by atoms with van der Waals surface area (Å²) in [6.45, 7) is 2.79. The second-order valence-electron chi connectivity index (χ2n) is 4.55. The lowest BCUT2D eigenvalue weighted by atomic mass is 9.72.